The lowest BCUT2D eigenvalue weighted by atomic mass is 10.2. The van der Waals surface area contributed by atoms with Gasteiger partial charge in [-0.05, 0) is 49.4 Å². The molecule has 1 amide bonds. The third-order valence-electron chi connectivity index (χ3n) is 4.50. The Morgan fingerprint density at radius 2 is 1.84 bits per heavy atom. The quantitative estimate of drug-likeness (QED) is 0.408. The van der Waals surface area contributed by atoms with Crippen LogP contribution in [0.2, 0.25) is 5.02 Å². The lowest BCUT2D eigenvalue weighted by Crippen LogP contribution is -2.29. The number of pyridine rings is 1. The number of anilines is 2. The van der Waals surface area contributed by atoms with Crippen LogP contribution in [0.1, 0.15) is 15.9 Å². The van der Waals surface area contributed by atoms with Crippen LogP contribution < -0.4 is 20.1 Å². The highest BCUT2D eigenvalue weighted by molar-refractivity contribution is 7.89. The van der Waals surface area contributed by atoms with Crippen molar-refractivity contribution in [2.45, 2.75) is 11.8 Å². The van der Waals surface area contributed by atoms with Crippen molar-refractivity contribution in [3.05, 3.63) is 76.9 Å². The number of halogens is 1. The molecule has 3 aromatic rings. The Labute approximate surface area is 192 Å². The van der Waals surface area contributed by atoms with Gasteiger partial charge in [0.25, 0.3) is 5.91 Å². The van der Waals surface area contributed by atoms with Crippen molar-refractivity contribution >= 4 is 39.0 Å². The maximum atomic E-state index is 12.8. The maximum Gasteiger partial charge on any atom is 0.259 e. The first kappa shape index (κ1) is 23.5. The summed E-state index contributed by atoms with van der Waals surface area (Å²) in [6.07, 6.45) is 1.54. The van der Waals surface area contributed by atoms with E-state index in [4.69, 9.17) is 16.3 Å². The van der Waals surface area contributed by atoms with Crippen molar-refractivity contribution in [1.29, 1.82) is 0 Å². The molecule has 0 saturated carbocycles. The third kappa shape index (κ3) is 5.97. The second-order valence-electron chi connectivity index (χ2n) is 6.84. The number of carbonyl (C=O) groups excluding carboxylic acids is 1. The third-order valence-corrected chi connectivity index (χ3v) is 6.21. The number of sulfonamides is 1. The molecule has 0 radical (unpaired) electrons. The molecule has 8 nitrogen and oxygen atoms in total. The largest absolute Gasteiger partial charge is 0.495 e. The average Bonchev–Trinajstić information content (AvgIpc) is 2.77. The summed E-state index contributed by atoms with van der Waals surface area (Å²) in [5.41, 5.74) is 1.68. The molecule has 168 valence electrons. The summed E-state index contributed by atoms with van der Waals surface area (Å²) in [5, 5.41) is 6.21. The molecule has 0 aliphatic rings. The van der Waals surface area contributed by atoms with Crippen LogP contribution in [0.4, 0.5) is 11.5 Å². The fraction of sp³-hybridized carbons (Fsp3) is 0.182. The number of methoxy groups -OCH3 is 1. The second-order valence-corrected chi connectivity index (χ2v) is 9.04. The van der Waals surface area contributed by atoms with E-state index in [0.717, 1.165) is 5.56 Å². The highest BCUT2D eigenvalue weighted by Crippen LogP contribution is 2.28. The van der Waals surface area contributed by atoms with Gasteiger partial charge in [0.1, 0.15) is 11.6 Å². The minimum absolute atomic E-state index is 0.107. The van der Waals surface area contributed by atoms with Crippen LogP contribution in [-0.4, -0.2) is 39.5 Å². The van der Waals surface area contributed by atoms with E-state index in [1.807, 2.05) is 6.92 Å². The van der Waals surface area contributed by atoms with Gasteiger partial charge < -0.3 is 15.4 Å². The molecular formula is C22H23ClN4O4S. The molecule has 0 spiro atoms. The van der Waals surface area contributed by atoms with Crippen molar-refractivity contribution in [1.82, 2.24) is 9.71 Å². The predicted octanol–water partition coefficient (Wildman–Crippen LogP) is 3.69. The molecule has 1 aromatic heterocycles. The van der Waals surface area contributed by atoms with Crippen LogP contribution >= 0.6 is 11.6 Å². The lowest BCUT2D eigenvalue weighted by Gasteiger charge is -2.13. The van der Waals surface area contributed by atoms with Gasteiger partial charge in [-0.1, -0.05) is 29.3 Å². The van der Waals surface area contributed by atoms with E-state index in [-0.39, 0.29) is 23.5 Å². The van der Waals surface area contributed by atoms with Crippen molar-refractivity contribution in [2.24, 2.45) is 0 Å². The van der Waals surface area contributed by atoms with E-state index >= 15 is 0 Å². The summed E-state index contributed by atoms with van der Waals surface area (Å²) in [5.74, 6) is 0.369. The highest BCUT2D eigenvalue weighted by atomic mass is 35.5. The van der Waals surface area contributed by atoms with Crippen molar-refractivity contribution in [3.63, 3.8) is 0 Å². The number of benzene rings is 2. The number of aryl methyl sites for hydroxylation is 1. The molecule has 2 aromatic carbocycles. The Morgan fingerprint density at radius 1 is 1.09 bits per heavy atom. The molecule has 10 heteroatoms. The van der Waals surface area contributed by atoms with Gasteiger partial charge in [-0.3, -0.25) is 4.79 Å². The molecule has 0 fully saturated rings. The Kier molecular flexibility index (Phi) is 7.68. The predicted molar refractivity (Wildman–Crippen MR) is 125 cm³/mol. The fourth-order valence-corrected chi connectivity index (χ4v) is 4.07. The summed E-state index contributed by atoms with van der Waals surface area (Å²) < 4.78 is 32.5. The zero-order chi connectivity index (χ0) is 23.1. The van der Waals surface area contributed by atoms with E-state index in [1.165, 1.54) is 13.3 Å². The summed E-state index contributed by atoms with van der Waals surface area (Å²) >= 11 is 6.02. The normalized spacial score (nSPS) is 11.1. The molecule has 0 aliphatic carbocycles. The van der Waals surface area contributed by atoms with Crippen molar-refractivity contribution in [3.8, 4) is 5.75 Å². The minimum Gasteiger partial charge on any atom is -0.495 e. The first-order chi connectivity index (χ1) is 15.3. The van der Waals surface area contributed by atoms with E-state index in [9.17, 15) is 13.2 Å². The van der Waals surface area contributed by atoms with Gasteiger partial charge in [0, 0.05) is 24.3 Å². The Hall–Kier alpha value is -3.14. The zero-order valence-corrected chi connectivity index (χ0v) is 19.1. The van der Waals surface area contributed by atoms with E-state index < -0.39 is 15.9 Å². The van der Waals surface area contributed by atoms with Gasteiger partial charge in [0.15, 0.2) is 0 Å². The number of nitrogens with zero attached hydrogens (tertiary/aromatic N) is 1. The molecular weight excluding hydrogens is 452 g/mol. The van der Waals surface area contributed by atoms with Crippen molar-refractivity contribution < 1.29 is 17.9 Å². The molecule has 3 N–H and O–H groups in total. The van der Waals surface area contributed by atoms with Gasteiger partial charge in [-0.2, -0.15) is 0 Å². The van der Waals surface area contributed by atoms with Crippen LogP contribution in [0.15, 0.2) is 65.7 Å². The van der Waals surface area contributed by atoms with Gasteiger partial charge in [-0.25, -0.2) is 18.1 Å². The summed E-state index contributed by atoms with van der Waals surface area (Å²) in [6.45, 7) is 2.22. The number of ether oxygens (including phenoxy) is 1. The molecule has 0 atom stereocenters. The SMILES string of the molecule is COc1ccc(Cl)cc1NC(=O)c1cccnc1NCCNS(=O)(=O)c1ccc(C)cc1. The number of hydrogen-bond donors (Lipinski definition) is 3. The van der Waals surface area contributed by atoms with Gasteiger partial charge >= 0.3 is 0 Å². The summed E-state index contributed by atoms with van der Waals surface area (Å²) in [6, 6.07) is 14.7. The standard InChI is InChI=1S/C22H23ClN4O4S/c1-15-5-8-17(9-6-15)32(29,30)26-13-12-25-21-18(4-3-11-24-21)22(28)27-19-14-16(23)7-10-20(19)31-2/h3-11,14,26H,12-13H2,1-2H3,(H,24,25)(H,27,28). The van der Waals surface area contributed by atoms with Crippen molar-refractivity contribution in [2.75, 3.05) is 30.8 Å². The van der Waals surface area contributed by atoms with Crippen LogP contribution in [0.25, 0.3) is 0 Å². The second kappa shape index (κ2) is 10.4. The lowest BCUT2D eigenvalue weighted by molar-refractivity contribution is 0.102. The van der Waals surface area contributed by atoms with E-state index in [1.54, 1.807) is 54.6 Å². The number of nitrogens with one attached hydrogen (secondary N) is 3. The topological polar surface area (TPSA) is 109 Å². The first-order valence-corrected chi connectivity index (χ1v) is 11.6. The van der Waals surface area contributed by atoms with Crippen LogP contribution in [-0.2, 0) is 10.0 Å². The molecule has 0 saturated heterocycles. The Bertz CT molecular complexity index is 1200. The molecule has 0 unspecified atom stereocenters. The average molecular weight is 475 g/mol. The summed E-state index contributed by atoms with van der Waals surface area (Å²) in [4.78, 5) is 17.2. The maximum absolute atomic E-state index is 12.8. The monoisotopic (exact) mass is 474 g/mol. The molecule has 0 aliphatic heterocycles. The van der Waals surface area contributed by atoms with Gasteiger partial charge in [0.2, 0.25) is 10.0 Å². The van der Waals surface area contributed by atoms with Gasteiger partial charge in [-0.15, -0.1) is 0 Å². The summed E-state index contributed by atoms with van der Waals surface area (Å²) in [7, 11) is -2.13. The van der Waals surface area contributed by atoms with Crippen LogP contribution in [0.5, 0.6) is 5.75 Å². The number of rotatable bonds is 9. The number of amides is 1. The van der Waals surface area contributed by atoms with E-state index in [0.29, 0.717) is 22.3 Å². The van der Waals surface area contributed by atoms with Crippen LogP contribution in [0, 0.1) is 6.92 Å². The number of aromatic nitrogens is 1. The molecule has 0 bridgehead atoms. The highest BCUT2D eigenvalue weighted by Gasteiger charge is 2.16. The Morgan fingerprint density at radius 3 is 2.56 bits per heavy atom. The minimum atomic E-state index is -3.63. The first-order valence-electron chi connectivity index (χ1n) is 9.70. The van der Waals surface area contributed by atoms with E-state index in [2.05, 4.69) is 20.3 Å². The molecule has 3 rings (SSSR count). The van der Waals surface area contributed by atoms with Gasteiger partial charge in [0.05, 0.1) is 23.3 Å². The number of hydrogen-bond acceptors (Lipinski definition) is 6. The zero-order valence-electron chi connectivity index (χ0n) is 17.6. The Balaban J connectivity index is 1.64. The number of carbonyl (C=O) groups is 1. The van der Waals surface area contributed by atoms with Crippen LogP contribution in [0.3, 0.4) is 0 Å². The molecule has 1 heterocycles. The fourth-order valence-electron chi connectivity index (χ4n) is 2.86. The molecule has 32 heavy (non-hydrogen) atoms. The smallest absolute Gasteiger partial charge is 0.259 e.